The van der Waals surface area contributed by atoms with Gasteiger partial charge in [0.05, 0.1) is 10.6 Å². The first kappa shape index (κ1) is 17.0. The molecule has 2 N–H and O–H groups in total. The first-order valence-electron chi connectivity index (χ1n) is 7.52. The molecule has 1 aromatic rings. The second-order valence-corrected chi connectivity index (χ2v) is 6.78. The van der Waals surface area contributed by atoms with Gasteiger partial charge in [-0.1, -0.05) is 48.9 Å². The van der Waals surface area contributed by atoms with Crippen LogP contribution in [-0.4, -0.2) is 17.3 Å². The van der Waals surface area contributed by atoms with Gasteiger partial charge in [-0.3, -0.25) is 0 Å². The minimum Gasteiger partial charge on any atom is -0.389 e. The van der Waals surface area contributed by atoms with Gasteiger partial charge in [-0.15, -0.1) is 0 Å². The minimum atomic E-state index is -0.683. The SMILES string of the molecule is CC(NCC1(O)CCCCCC1)c1c(Cl)ccc(F)c1Cl. The van der Waals surface area contributed by atoms with E-state index in [1.807, 2.05) is 6.92 Å². The smallest absolute Gasteiger partial charge is 0.142 e. The number of halogens is 3. The van der Waals surface area contributed by atoms with Crippen LogP contribution >= 0.6 is 23.2 Å². The van der Waals surface area contributed by atoms with E-state index < -0.39 is 11.4 Å². The average Bonchev–Trinajstić information content (AvgIpc) is 2.67. The van der Waals surface area contributed by atoms with E-state index in [1.165, 1.54) is 25.0 Å². The van der Waals surface area contributed by atoms with Crippen molar-refractivity contribution in [1.82, 2.24) is 5.32 Å². The number of hydrogen-bond donors (Lipinski definition) is 2. The molecule has 118 valence electrons. The zero-order valence-electron chi connectivity index (χ0n) is 12.3. The largest absolute Gasteiger partial charge is 0.389 e. The van der Waals surface area contributed by atoms with Crippen LogP contribution in [0.3, 0.4) is 0 Å². The third kappa shape index (κ3) is 4.32. The molecule has 1 unspecified atom stereocenters. The van der Waals surface area contributed by atoms with Crippen molar-refractivity contribution in [3.63, 3.8) is 0 Å². The summed E-state index contributed by atoms with van der Waals surface area (Å²) in [6.45, 7) is 2.35. The third-order valence-corrected chi connectivity index (χ3v) is 5.00. The highest BCUT2D eigenvalue weighted by Gasteiger charge is 2.29. The van der Waals surface area contributed by atoms with E-state index in [0.717, 1.165) is 25.7 Å². The molecule has 1 fully saturated rings. The number of rotatable bonds is 4. The van der Waals surface area contributed by atoms with Gasteiger partial charge in [-0.2, -0.15) is 0 Å². The second-order valence-electron chi connectivity index (χ2n) is 6.00. The van der Waals surface area contributed by atoms with Gasteiger partial charge in [0.1, 0.15) is 5.82 Å². The van der Waals surface area contributed by atoms with Gasteiger partial charge in [0.25, 0.3) is 0 Å². The van der Waals surface area contributed by atoms with E-state index in [0.29, 0.717) is 17.1 Å². The molecule has 1 aliphatic rings. The van der Waals surface area contributed by atoms with Gasteiger partial charge < -0.3 is 10.4 Å². The molecule has 1 saturated carbocycles. The second kappa shape index (κ2) is 7.28. The predicted molar refractivity (Wildman–Crippen MR) is 85.5 cm³/mol. The summed E-state index contributed by atoms with van der Waals surface area (Å²) < 4.78 is 13.6. The van der Waals surface area contributed by atoms with Crippen molar-refractivity contribution < 1.29 is 9.50 Å². The molecule has 1 atom stereocenters. The first-order chi connectivity index (χ1) is 9.93. The summed E-state index contributed by atoms with van der Waals surface area (Å²) in [6.07, 6.45) is 6.07. The minimum absolute atomic E-state index is 0.0513. The van der Waals surface area contributed by atoms with Crippen LogP contribution in [0.2, 0.25) is 10.0 Å². The van der Waals surface area contributed by atoms with Crippen LogP contribution in [0.1, 0.15) is 57.1 Å². The molecule has 2 nitrogen and oxygen atoms in total. The maximum Gasteiger partial charge on any atom is 0.142 e. The monoisotopic (exact) mass is 333 g/mol. The Kier molecular flexibility index (Phi) is 5.89. The molecule has 0 heterocycles. The normalized spacial score (nSPS) is 20.0. The fraction of sp³-hybridized carbons (Fsp3) is 0.625. The zero-order chi connectivity index (χ0) is 15.5. The maximum absolute atomic E-state index is 13.6. The Morgan fingerprint density at radius 2 is 1.86 bits per heavy atom. The van der Waals surface area contributed by atoms with Crippen LogP contribution < -0.4 is 5.32 Å². The van der Waals surface area contributed by atoms with Crippen LogP contribution in [0.5, 0.6) is 0 Å². The third-order valence-electron chi connectivity index (χ3n) is 4.28. The average molecular weight is 334 g/mol. The van der Waals surface area contributed by atoms with Crippen molar-refractivity contribution in [2.75, 3.05) is 6.54 Å². The summed E-state index contributed by atoms with van der Waals surface area (Å²) in [5.41, 5.74) is -0.132. The maximum atomic E-state index is 13.6. The lowest BCUT2D eigenvalue weighted by Crippen LogP contribution is -2.41. The van der Waals surface area contributed by atoms with Gasteiger partial charge >= 0.3 is 0 Å². The van der Waals surface area contributed by atoms with Crippen LogP contribution in [0.4, 0.5) is 4.39 Å². The van der Waals surface area contributed by atoms with Crippen molar-refractivity contribution in [3.05, 3.63) is 33.6 Å². The van der Waals surface area contributed by atoms with Gasteiger partial charge in [0, 0.05) is 23.2 Å². The van der Waals surface area contributed by atoms with Crippen LogP contribution in [0, 0.1) is 5.82 Å². The van der Waals surface area contributed by atoms with E-state index in [9.17, 15) is 9.50 Å². The lowest BCUT2D eigenvalue weighted by Gasteiger charge is -2.29. The van der Waals surface area contributed by atoms with Crippen LogP contribution in [0.15, 0.2) is 12.1 Å². The molecule has 0 amide bonds. The van der Waals surface area contributed by atoms with Crippen molar-refractivity contribution in [1.29, 1.82) is 0 Å². The molecular formula is C16H22Cl2FNO. The fourth-order valence-electron chi connectivity index (χ4n) is 2.95. The summed E-state index contributed by atoms with van der Waals surface area (Å²) in [7, 11) is 0. The van der Waals surface area contributed by atoms with Gasteiger partial charge in [0.2, 0.25) is 0 Å². The molecule has 5 heteroatoms. The molecule has 0 aromatic heterocycles. The van der Waals surface area contributed by atoms with Crippen molar-refractivity contribution in [2.24, 2.45) is 0 Å². The molecule has 0 saturated heterocycles. The highest BCUT2D eigenvalue weighted by molar-refractivity contribution is 6.36. The molecule has 0 spiro atoms. The fourth-order valence-corrected chi connectivity index (χ4v) is 3.65. The molecule has 2 rings (SSSR count). The Morgan fingerprint density at radius 3 is 2.48 bits per heavy atom. The summed E-state index contributed by atoms with van der Waals surface area (Å²) in [6, 6.07) is 2.56. The topological polar surface area (TPSA) is 32.3 Å². The van der Waals surface area contributed by atoms with Crippen molar-refractivity contribution in [3.8, 4) is 0 Å². The van der Waals surface area contributed by atoms with E-state index in [2.05, 4.69) is 5.32 Å². The lowest BCUT2D eigenvalue weighted by molar-refractivity contribution is 0.0231. The summed E-state index contributed by atoms with van der Waals surface area (Å²) in [5.74, 6) is -0.474. The first-order valence-corrected chi connectivity index (χ1v) is 8.28. The zero-order valence-corrected chi connectivity index (χ0v) is 13.8. The Morgan fingerprint density at radius 1 is 1.24 bits per heavy atom. The molecule has 0 bridgehead atoms. The molecule has 21 heavy (non-hydrogen) atoms. The molecular weight excluding hydrogens is 312 g/mol. The molecule has 0 aliphatic heterocycles. The number of hydrogen-bond acceptors (Lipinski definition) is 2. The van der Waals surface area contributed by atoms with Gasteiger partial charge in [0.15, 0.2) is 0 Å². The molecule has 1 aliphatic carbocycles. The number of nitrogens with one attached hydrogen (secondary N) is 1. The highest BCUT2D eigenvalue weighted by Crippen LogP contribution is 2.33. The van der Waals surface area contributed by atoms with E-state index in [-0.39, 0.29) is 11.1 Å². The molecule has 1 aromatic carbocycles. The number of benzene rings is 1. The van der Waals surface area contributed by atoms with Crippen LogP contribution in [-0.2, 0) is 0 Å². The Labute approximate surface area is 135 Å². The Hall–Kier alpha value is -0.350. The van der Waals surface area contributed by atoms with Gasteiger partial charge in [-0.05, 0) is 31.9 Å². The number of aliphatic hydroxyl groups is 1. The summed E-state index contributed by atoms with van der Waals surface area (Å²) in [4.78, 5) is 0. The standard InChI is InChI=1S/C16H22Cl2FNO/c1-11(14-12(17)6-7-13(19)15(14)18)20-10-16(21)8-4-2-3-5-9-16/h6-7,11,20-21H,2-5,8-10H2,1H3. The van der Waals surface area contributed by atoms with Crippen molar-refractivity contribution >= 4 is 23.2 Å². The predicted octanol–water partition coefficient (Wildman–Crippen LogP) is 4.87. The van der Waals surface area contributed by atoms with E-state index in [4.69, 9.17) is 23.2 Å². The van der Waals surface area contributed by atoms with Gasteiger partial charge in [-0.25, -0.2) is 4.39 Å². The Balaban J connectivity index is 2.04. The summed E-state index contributed by atoms with van der Waals surface area (Å²) >= 11 is 12.1. The van der Waals surface area contributed by atoms with Crippen molar-refractivity contribution in [2.45, 2.75) is 57.1 Å². The summed E-state index contributed by atoms with van der Waals surface area (Å²) in [5, 5.41) is 14.4. The highest BCUT2D eigenvalue weighted by atomic mass is 35.5. The molecule has 0 radical (unpaired) electrons. The van der Waals surface area contributed by atoms with Crippen LogP contribution in [0.25, 0.3) is 0 Å². The lowest BCUT2D eigenvalue weighted by atomic mass is 9.94. The van der Waals surface area contributed by atoms with E-state index >= 15 is 0 Å². The van der Waals surface area contributed by atoms with E-state index in [1.54, 1.807) is 0 Å². The quantitative estimate of drug-likeness (QED) is 0.608. The Bertz CT molecular complexity index is 487.